The molecule has 1 atom stereocenters. The van der Waals surface area contributed by atoms with Gasteiger partial charge in [0.2, 0.25) is 11.8 Å². The summed E-state index contributed by atoms with van der Waals surface area (Å²) in [7, 11) is 0. The molecule has 2 N–H and O–H groups in total. The van der Waals surface area contributed by atoms with Gasteiger partial charge in [-0.25, -0.2) is 0 Å². The first-order valence-corrected chi connectivity index (χ1v) is 8.78. The minimum atomic E-state index is -0.460. The van der Waals surface area contributed by atoms with Gasteiger partial charge in [-0.15, -0.1) is 0 Å². The molecule has 1 aliphatic heterocycles. The Morgan fingerprint density at radius 2 is 2.00 bits per heavy atom. The molecule has 2 amide bonds. The lowest BCUT2D eigenvalue weighted by Crippen LogP contribution is -2.51. The molecule has 1 aromatic rings. The molecular weight excluding hydrogens is 288 g/mol. The zero-order valence-corrected chi connectivity index (χ0v) is 13.9. The minimum absolute atomic E-state index is 0.0302. The highest BCUT2D eigenvalue weighted by atomic mass is 16.2. The molecule has 124 valence electrons. The van der Waals surface area contributed by atoms with Gasteiger partial charge in [0, 0.05) is 6.54 Å². The van der Waals surface area contributed by atoms with E-state index in [4.69, 9.17) is 0 Å². The summed E-state index contributed by atoms with van der Waals surface area (Å²) in [6.45, 7) is 2.77. The molecule has 1 saturated carbocycles. The highest BCUT2D eigenvalue weighted by molar-refractivity contribution is 5.93. The summed E-state index contributed by atoms with van der Waals surface area (Å²) < 4.78 is 0. The topological polar surface area (TPSA) is 58.2 Å². The van der Waals surface area contributed by atoms with Crippen LogP contribution in [0.5, 0.6) is 0 Å². The summed E-state index contributed by atoms with van der Waals surface area (Å²) in [5, 5.41) is 5.96. The second kappa shape index (κ2) is 6.73. The minimum Gasteiger partial charge on any atom is -0.354 e. The van der Waals surface area contributed by atoms with Crippen LogP contribution in [0.1, 0.15) is 56.1 Å². The summed E-state index contributed by atoms with van der Waals surface area (Å²) in [6, 6.07) is 7.88. The summed E-state index contributed by atoms with van der Waals surface area (Å²) >= 11 is 0. The molecule has 0 spiro atoms. The summed E-state index contributed by atoms with van der Waals surface area (Å²) in [4.78, 5) is 25.2. The Morgan fingerprint density at radius 1 is 1.22 bits per heavy atom. The van der Waals surface area contributed by atoms with Crippen LogP contribution in [0.4, 0.5) is 0 Å². The lowest BCUT2D eigenvalue weighted by molar-refractivity contribution is -0.132. The van der Waals surface area contributed by atoms with E-state index in [2.05, 4.69) is 35.8 Å². The molecule has 4 nitrogen and oxygen atoms in total. The largest absolute Gasteiger partial charge is 0.354 e. The maximum absolute atomic E-state index is 13.1. The van der Waals surface area contributed by atoms with Crippen molar-refractivity contribution in [3.05, 3.63) is 35.4 Å². The smallest absolute Gasteiger partial charge is 0.242 e. The Bertz CT molecular complexity index is 591. The second-order valence-corrected chi connectivity index (χ2v) is 6.97. The Hall–Kier alpha value is -1.84. The van der Waals surface area contributed by atoms with Crippen molar-refractivity contribution in [2.45, 2.75) is 63.3 Å². The highest BCUT2D eigenvalue weighted by Crippen LogP contribution is 2.41. The fourth-order valence-corrected chi connectivity index (χ4v) is 3.94. The van der Waals surface area contributed by atoms with Crippen molar-refractivity contribution in [3.63, 3.8) is 0 Å². The average molecular weight is 314 g/mol. The fraction of sp³-hybridized carbons (Fsp3) is 0.579. The zero-order chi connectivity index (χ0) is 16.3. The van der Waals surface area contributed by atoms with Crippen molar-refractivity contribution < 1.29 is 9.59 Å². The molecule has 23 heavy (non-hydrogen) atoms. The van der Waals surface area contributed by atoms with E-state index in [0.29, 0.717) is 6.54 Å². The molecule has 1 aliphatic carbocycles. The number of carbonyl (C=O) groups excluding carboxylic acids is 2. The van der Waals surface area contributed by atoms with E-state index in [-0.39, 0.29) is 17.9 Å². The van der Waals surface area contributed by atoms with Gasteiger partial charge in [0.15, 0.2) is 0 Å². The molecule has 2 aliphatic rings. The first-order chi connectivity index (χ1) is 11.1. The van der Waals surface area contributed by atoms with Crippen LogP contribution < -0.4 is 10.6 Å². The number of hydrogen-bond acceptors (Lipinski definition) is 2. The third-order valence-electron chi connectivity index (χ3n) is 5.30. The normalized spacial score (nSPS) is 23.9. The van der Waals surface area contributed by atoms with Crippen molar-refractivity contribution in [1.29, 1.82) is 0 Å². The van der Waals surface area contributed by atoms with Crippen LogP contribution in [0.15, 0.2) is 24.3 Å². The van der Waals surface area contributed by atoms with E-state index in [1.165, 1.54) is 5.56 Å². The fourth-order valence-electron chi connectivity index (χ4n) is 3.94. The number of nitrogens with one attached hydrogen (secondary N) is 2. The van der Waals surface area contributed by atoms with Gasteiger partial charge in [-0.1, -0.05) is 42.7 Å². The highest BCUT2D eigenvalue weighted by Gasteiger charge is 2.43. The van der Waals surface area contributed by atoms with Crippen LogP contribution in [0.3, 0.4) is 0 Å². The zero-order valence-electron chi connectivity index (χ0n) is 13.9. The molecule has 3 rings (SSSR count). The monoisotopic (exact) mass is 314 g/mol. The number of hydrogen-bond donors (Lipinski definition) is 2. The van der Waals surface area contributed by atoms with E-state index in [0.717, 1.165) is 50.5 Å². The molecule has 2 fully saturated rings. The Morgan fingerprint density at radius 3 is 2.74 bits per heavy atom. The van der Waals surface area contributed by atoms with Crippen LogP contribution in [0, 0.1) is 6.92 Å². The number of amides is 2. The lowest BCUT2D eigenvalue weighted by atomic mass is 9.77. The molecule has 1 saturated heterocycles. The van der Waals surface area contributed by atoms with Gasteiger partial charge in [-0.2, -0.15) is 0 Å². The number of benzene rings is 1. The number of rotatable bonds is 3. The molecule has 0 radical (unpaired) electrons. The Balaban J connectivity index is 1.83. The van der Waals surface area contributed by atoms with E-state index in [9.17, 15) is 9.59 Å². The standard InChI is InChI=1S/C19H26N2O2/c1-14-7-6-8-15(13-14)19(10-3-4-11-19)18(23)21-16-9-2-5-12-20-17(16)22/h6-8,13,16H,2-5,9-12H2,1H3,(H,20,22)(H,21,23). The molecule has 0 aromatic heterocycles. The van der Waals surface area contributed by atoms with Gasteiger partial charge >= 0.3 is 0 Å². The van der Waals surface area contributed by atoms with Crippen molar-refractivity contribution in [3.8, 4) is 0 Å². The molecular formula is C19H26N2O2. The second-order valence-electron chi connectivity index (χ2n) is 6.97. The van der Waals surface area contributed by atoms with Gasteiger partial charge in [0.25, 0.3) is 0 Å². The molecule has 1 aromatic carbocycles. The predicted octanol–water partition coefficient (Wildman–Crippen LogP) is 2.59. The van der Waals surface area contributed by atoms with Crippen molar-refractivity contribution in [2.75, 3.05) is 6.54 Å². The number of aryl methyl sites for hydroxylation is 1. The average Bonchev–Trinajstić information content (AvgIpc) is 2.96. The summed E-state index contributed by atoms with van der Waals surface area (Å²) in [6.07, 6.45) is 6.58. The first-order valence-electron chi connectivity index (χ1n) is 8.78. The van der Waals surface area contributed by atoms with Gasteiger partial charge in [0.05, 0.1) is 5.41 Å². The van der Waals surface area contributed by atoms with Crippen LogP contribution in [0.2, 0.25) is 0 Å². The van der Waals surface area contributed by atoms with E-state index in [1.54, 1.807) is 0 Å². The van der Waals surface area contributed by atoms with E-state index >= 15 is 0 Å². The van der Waals surface area contributed by atoms with E-state index in [1.807, 2.05) is 6.07 Å². The first kappa shape index (κ1) is 16.0. The van der Waals surface area contributed by atoms with Gasteiger partial charge < -0.3 is 10.6 Å². The SMILES string of the molecule is Cc1cccc(C2(C(=O)NC3CCCCNC3=O)CCCC2)c1. The van der Waals surface area contributed by atoms with Crippen LogP contribution >= 0.6 is 0 Å². The van der Waals surface area contributed by atoms with Gasteiger partial charge in [-0.05, 0) is 44.6 Å². The predicted molar refractivity (Wildman–Crippen MR) is 90.1 cm³/mol. The van der Waals surface area contributed by atoms with Crippen molar-refractivity contribution in [1.82, 2.24) is 10.6 Å². The molecule has 0 bridgehead atoms. The Labute approximate surface area is 138 Å². The summed E-state index contributed by atoms with van der Waals surface area (Å²) in [5.41, 5.74) is 1.81. The van der Waals surface area contributed by atoms with Crippen LogP contribution in [-0.4, -0.2) is 24.4 Å². The molecule has 1 heterocycles. The van der Waals surface area contributed by atoms with Crippen molar-refractivity contribution >= 4 is 11.8 Å². The lowest BCUT2D eigenvalue weighted by Gasteiger charge is -2.30. The molecule has 1 unspecified atom stereocenters. The third kappa shape index (κ3) is 3.26. The number of carbonyl (C=O) groups is 2. The molecule has 4 heteroatoms. The van der Waals surface area contributed by atoms with Gasteiger partial charge in [-0.3, -0.25) is 9.59 Å². The Kier molecular flexibility index (Phi) is 4.69. The summed E-state index contributed by atoms with van der Waals surface area (Å²) in [5.74, 6) is -0.00381. The van der Waals surface area contributed by atoms with Crippen LogP contribution in [0.25, 0.3) is 0 Å². The quantitative estimate of drug-likeness (QED) is 0.901. The van der Waals surface area contributed by atoms with Crippen molar-refractivity contribution in [2.24, 2.45) is 0 Å². The van der Waals surface area contributed by atoms with Crippen LogP contribution in [-0.2, 0) is 15.0 Å². The maximum Gasteiger partial charge on any atom is 0.242 e. The van der Waals surface area contributed by atoms with Gasteiger partial charge in [0.1, 0.15) is 6.04 Å². The maximum atomic E-state index is 13.1. The third-order valence-corrected chi connectivity index (χ3v) is 5.30. The van der Waals surface area contributed by atoms with E-state index < -0.39 is 5.41 Å².